The van der Waals surface area contributed by atoms with E-state index in [9.17, 15) is 9.59 Å². The number of hydrogen-bond donors (Lipinski definition) is 1. The zero-order chi connectivity index (χ0) is 21.3. The second-order valence-corrected chi connectivity index (χ2v) is 7.31. The van der Waals surface area contributed by atoms with E-state index in [1.54, 1.807) is 43.3 Å². The molecule has 0 aliphatic carbocycles. The van der Waals surface area contributed by atoms with Gasteiger partial charge in [-0.3, -0.25) is 9.59 Å². The van der Waals surface area contributed by atoms with Gasteiger partial charge in [-0.2, -0.15) is 5.10 Å². The molecule has 0 atom stereocenters. The topological polar surface area (TPSA) is 80.2 Å². The molecule has 1 fully saturated rings. The number of halogens is 1. The maximum atomic E-state index is 12.0. The molecule has 0 saturated carbocycles. The van der Waals surface area contributed by atoms with E-state index < -0.39 is 0 Å². The van der Waals surface area contributed by atoms with Gasteiger partial charge >= 0.3 is 0 Å². The number of ether oxygens (including phenoxy) is 2. The first-order valence-corrected chi connectivity index (χ1v) is 10.1. The quantitative estimate of drug-likeness (QED) is 0.516. The van der Waals surface area contributed by atoms with Crippen molar-refractivity contribution in [3.63, 3.8) is 0 Å². The van der Waals surface area contributed by atoms with Gasteiger partial charge in [0, 0.05) is 18.1 Å². The highest BCUT2D eigenvalue weighted by Crippen LogP contribution is 2.16. The number of nitrogens with one attached hydrogen (secondary N) is 1. The van der Waals surface area contributed by atoms with Crippen LogP contribution in [0.1, 0.15) is 25.3 Å². The molecule has 0 radical (unpaired) electrons. The molecular formula is C22H24ClN3O4. The smallest absolute Gasteiger partial charge is 0.277 e. The lowest BCUT2D eigenvalue weighted by Gasteiger charge is -2.15. The monoisotopic (exact) mass is 429 g/mol. The van der Waals surface area contributed by atoms with Gasteiger partial charge in [0.1, 0.15) is 11.5 Å². The Hall–Kier alpha value is -3.06. The first-order chi connectivity index (χ1) is 14.5. The largest absolute Gasteiger partial charge is 0.484 e. The minimum Gasteiger partial charge on any atom is -0.484 e. The average molecular weight is 430 g/mol. The second kappa shape index (κ2) is 10.6. The van der Waals surface area contributed by atoms with Gasteiger partial charge in [-0.1, -0.05) is 11.6 Å². The van der Waals surface area contributed by atoms with Crippen LogP contribution in [0, 0.1) is 0 Å². The van der Waals surface area contributed by atoms with Gasteiger partial charge in [0.25, 0.3) is 11.8 Å². The molecule has 7 nitrogen and oxygen atoms in total. The van der Waals surface area contributed by atoms with Crippen LogP contribution in [0.5, 0.6) is 11.5 Å². The Morgan fingerprint density at radius 2 is 1.53 bits per heavy atom. The van der Waals surface area contributed by atoms with Crippen LogP contribution < -0.4 is 14.9 Å². The molecule has 1 aliphatic heterocycles. The SMILES string of the molecule is C/C(=N\NC(=O)COc1ccc(Cl)cc1)c1ccc(OCC(=O)N2CCCC2)cc1. The van der Waals surface area contributed by atoms with Crippen LogP contribution in [-0.2, 0) is 9.59 Å². The van der Waals surface area contributed by atoms with E-state index in [0.29, 0.717) is 22.2 Å². The molecule has 1 saturated heterocycles. The Morgan fingerprint density at radius 3 is 2.17 bits per heavy atom. The molecule has 0 unspecified atom stereocenters. The summed E-state index contributed by atoms with van der Waals surface area (Å²) in [6.07, 6.45) is 2.12. The molecule has 0 bridgehead atoms. The lowest BCUT2D eigenvalue weighted by atomic mass is 10.1. The number of hydrogen-bond acceptors (Lipinski definition) is 5. The summed E-state index contributed by atoms with van der Waals surface area (Å²) in [5, 5.41) is 4.69. The number of rotatable bonds is 8. The van der Waals surface area contributed by atoms with Crippen molar-refractivity contribution in [2.24, 2.45) is 5.10 Å². The summed E-state index contributed by atoms with van der Waals surface area (Å²) in [4.78, 5) is 25.8. The summed E-state index contributed by atoms with van der Waals surface area (Å²) in [5.41, 5.74) is 3.92. The highest BCUT2D eigenvalue weighted by atomic mass is 35.5. The average Bonchev–Trinajstić information content (AvgIpc) is 3.31. The number of amides is 2. The lowest BCUT2D eigenvalue weighted by molar-refractivity contribution is -0.132. The molecule has 0 spiro atoms. The third kappa shape index (κ3) is 6.49. The molecule has 3 rings (SSSR count). The van der Waals surface area contributed by atoms with Crippen LogP contribution in [-0.4, -0.2) is 48.7 Å². The fraction of sp³-hybridized carbons (Fsp3) is 0.318. The third-order valence-electron chi connectivity index (χ3n) is 4.63. The molecule has 1 N–H and O–H groups in total. The van der Waals surface area contributed by atoms with Gasteiger partial charge in [0.05, 0.1) is 5.71 Å². The van der Waals surface area contributed by atoms with Crippen molar-refractivity contribution in [1.29, 1.82) is 0 Å². The zero-order valence-corrected chi connectivity index (χ0v) is 17.5. The highest BCUT2D eigenvalue weighted by Gasteiger charge is 2.18. The van der Waals surface area contributed by atoms with Crippen LogP contribution in [0.4, 0.5) is 0 Å². The fourth-order valence-corrected chi connectivity index (χ4v) is 3.04. The number of carbonyl (C=O) groups excluding carboxylic acids is 2. The van der Waals surface area contributed by atoms with E-state index in [4.69, 9.17) is 21.1 Å². The Bertz CT molecular complexity index is 892. The molecule has 0 aromatic heterocycles. The third-order valence-corrected chi connectivity index (χ3v) is 4.88. The van der Waals surface area contributed by atoms with Crippen molar-refractivity contribution in [3.8, 4) is 11.5 Å². The van der Waals surface area contributed by atoms with Crippen molar-refractivity contribution in [2.45, 2.75) is 19.8 Å². The van der Waals surface area contributed by atoms with Crippen LogP contribution in [0.25, 0.3) is 0 Å². The summed E-state index contributed by atoms with van der Waals surface area (Å²) in [7, 11) is 0. The predicted octanol–water partition coefficient (Wildman–Crippen LogP) is 3.26. The summed E-state index contributed by atoms with van der Waals surface area (Å²) in [6.45, 7) is 3.29. The Balaban J connectivity index is 1.44. The van der Waals surface area contributed by atoms with E-state index in [-0.39, 0.29) is 25.0 Å². The molecule has 8 heteroatoms. The lowest BCUT2D eigenvalue weighted by Crippen LogP contribution is -2.32. The van der Waals surface area contributed by atoms with E-state index in [1.165, 1.54) is 0 Å². The Labute approximate surface area is 180 Å². The molecule has 2 amide bonds. The van der Waals surface area contributed by atoms with E-state index in [2.05, 4.69) is 10.5 Å². The minimum atomic E-state index is -0.371. The van der Waals surface area contributed by atoms with E-state index in [0.717, 1.165) is 31.5 Å². The van der Waals surface area contributed by atoms with Crippen molar-refractivity contribution in [3.05, 3.63) is 59.1 Å². The molecule has 1 aliphatic rings. The van der Waals surface area contributed by atoms with Gasteiger partial charge in [0.2, 0.25) is 0 Å². The van der Waals surface area contributed by atoms with Gasteiger partial charge in [0.15, 0.2) is 13.2 Å². The van der Waals surface area contributed by atoms with E-state index >= 15 is 0 Å². The fourth-order valence-electron chi connectivity index (χ4n) is 2.92. The van der Waals surface area contributed by atoms with Crippen molar-refractivity contribution < 1.29 is 19.1 Å². The van der Waals surface area contributed by atoms with Gasteiger partial charge < -0.3 is 14.4 Å². The maximum absolute atomic E-state index is 12.0. The summed E-state index contributed by atoms with van der Waals surface area (Å²) in [5.74, 6) is 0.802. The second-order valence-electron chi connectivity index (χ2n) is 6.88. The summed E-state index contributed by atoms with van der Waals surface area (Å²) >= 11 is 5.81. The van der Waals surface area contributed by atoms with Crippen LogP contribution in [0.15, 0.2) is 53.6 Å². The van der Waals surface area contributed by atoms with Crippen molar-refractivity contribution in [1.82, 2.24) is 10.3 Å². The standard InChI is InChI=1S/C22H24ClN3O4/c1-16(24-25-21(27)14-29-20-10-6-18(23)7-11-20)17-4-8-19(9-5-17)30-15-22(28)26-12-2-3-13-26/h4-11H,2-3,12-15H2,1H3,(H,25,27)/b24-16+. The van der Waals surface area contributed by atoms with Gasteiger partial charge in [-0.25, -0.2) is 5.43 Å². The molecule has 1 heterocycles. The van der Waals surface area contributed by atoms with Crippen LogP contribution >= 0.6 is 11.6 Å². The molecular weight excluding hydrogens is 406 g/mol. The molecule has 2 aromatic rings. The highest BCUT2D eigenvalue weighted by molar-refractivity contribution is 6.30. The van der Waals surface area contributed by atoms with E-state index in [1.807, 2.05) is 17.0 Å². The zero-order valence-electron chi connectivity index (χ0n) is 16.8. The number of nitrogens with zero attached hydrogens (tertiary/aromatic N) is 2. The Morgan fingerprint density at radius 1 is 0.967 bits per heavy atom. The molecule has 30 heavy (non-hydrogen) atoms. The predicted molar refractivity (Wildman–Crippen MR) is 115 cm³/mol. The van der Waals surface area contributed by atoms with Crippen LogP contribution in [0.2, 0.25) is 5.02 Å². The Kier molecular flexibility index (Phi) is 7.68. The van der Waals surface area contributed by atoms with Crippen molar-refractivity contribution in [2.75, 3.05) is 26.3 Å². The summed E-state index contributed by atoms with van der Waals surface area (Å²) < 4.78 is 10.9. The first kappa shape index (κ1) is 21.6. The summed E-state index contributed by atoms with van der Waals surface area (Å²) in [6, 6.07) is 13.9. The minimum absolute atomic E-state index is 0.0119. The normalized spacial score (nSPS) is 13.8. The maximum Gasteiger partial charge on any atom is 0.277 e. The number of likely N-dealkylation sites (tertiary alicyclic amines) is 1. The van der Waals surface area contributed by atoms with Crippen molar-refractivity contribution >= 4 is 29.1 Å². The number of carbonyl (C=O) groups is 2. The van der Waals surface area contributed by atoms with Gasteiger partial charge in [-0.15, -0.1) is 0 Å². The first-order valence-electron chi connectivity index (χ1n) is 9.74. The number of hydrazone groups is 1. The molecule has 2 aromatic carbocycles. The van der Waals surface area contributed by atoms with Gasteiger partial charge in [-0.05, 0) is 73.9 Å². The molecule has 158 valence electrons. The van der Waals surface area contributed by atoms with Crippen LogP contribution in [0.3, 0.4) is 0 Å². The number of benzene rings is 2.